The Hall–Kier alpha value is -3.28. The van der Waals surface area contributed by atoms with Gasteiger partial charge >= 0.3 is 0 Å². The summed E-state index contributed by atoms with van der Waals surface area (Å²) in [6.07, 6.45) is 9.53. The van der Waals surface area contributed by atoms with Crippen molar-refractivity contribution in [3.05, 3.63) is 66.3 Å². The monoisotopic (exact) mass is 330 g/mol. The van der Waals surface area contributed by atoms with Gasteiger partial charge in [0.1, 0.15) is 11.7 Å². The van der Waals surface area contributed by atoms with Crippen molar-refractivity contribution in [2.24, 2.45) is 17.0 Å². The Morgan fingerprint density at radius 3 is 2.64 bits per heavy atom. The number of hydrogen-bond donors (Lipinski definition) is 0. The van der Waals surface area contributed by atoms with Crippen molar-refractivity contribution in [3.63, 3.8) is 0 Å². The number of aryl methyl sites for hydroxylation is 1. The molecule has 0 radical (unpaired) electrons. The fraction of sp³-hybridized carbons (Fsp3) is 0.158. The maximum absolute atomic E-state index is 4.64. The molecule has 6 nitrogen and oxygen atoms in total. The van der Waals surface area contributed by atoms with Crippen LogP contribution in [0, 0.1) is 0 Å². The van der Waals surface area contributed by atoms with Gasteiger partial charge in [-0.15, -0.1) is 0 Å². The fourth-order valence-corrected chi connectivity index (χ4v) is 2.82. The molecular formula is C19H18N6. The van der Waals surface area contributed by atoms with Gasteiger partial charge < -0.3 is 4.57 Å². The summed E-state index contributed by atoms with van der Waals surface area (Å²) < 4.78 is 3.91. The normalized spacial score (nSPS) is 14.2. The van der Waals surface area contributed by atoms with Gasteiger partial charge in [0.05, 0.1) is 30.0 Å². The lowest BCUT2D eigenvalue weighted by Gasteiger charge is -2.08. The van der Waals surface area contributed by atoms with Crippen LogP contribution in [0.4, 0.5) is 0 Å². The molecule has 0 saturated heterocycles. The highest BCUT2D eigenvalue weighted by atomic mass is 15.2. The molecule has 0 saturated carbocycles. The van der Waals surface area contributed by atoms with Crippen molar-refractivity contribution in [2.75, 3.05) is 0 Å². The molecule has 0 bridgehead atoms. The Labute approximate surface area is 145 Å². The van der Waals surface area contributed by atoms with E-state index in [1.54, 1.807) is 4.68 Å². The van der Waals surface area contributed by atoms with Gasteiger partial charge in [0.2, 0.25) is 0 Å². The molecule has 0 N–H and O–H groups in total. The van der Waals surface area contributed by atoms with Crippen LogP contribution < -0.4 is 0 Å². The second kappa shape index (κ2) is 6.32. The van der Waals surface area contributed by atoms with E-state index in [2.05, 4.69) is 42.8 Å². The van der Waals surface area contributed by atoms with E-state index in [1.807, 2.05) is 57.0 Å². The molecule has 0 aliphatic carbocycles. The van der Waals surface area contributed by atoms with E-state index in [0.29, 0.717) is 12.4 Å². The van der Waals surface area contributed by atoms with Crippen molar-refractivity contribution < 1.29 is 0 Å². The molecule has 0 unspecified atom stereocenters. The number of imidazole rings is 1. The van der Waals surface area contributed by atoms with Gasteiger partial charge in [-0.3, -0.25) is 4.68 Å². The standard InChI is InChI=1S/C19H18N6/c1-14-20-11-17-12-21-19(15-6-4-3-5-7-15)25(17)9-8-18(23-14)16-10-22-24(2)13-16/h3-8,10-13H,9H2,1-2H3. The molecule has 0 amide bonds. The second-order valence-electron chi connectivity index (χ2n) is 5.89. The van der Waals surface area contributed by atoms with Crippen LogP contribution in [0.5, 0.6) is 0 Å². The molecule has 124 valence electrons. The minimum Gasteiger partial charge on any atom is -0.319 e. The van der Waals surface area contributed by atoms with Crippen molar-refractivity contribution >= 4 is 17.7 Å². The van der Waals surface area contributed by atoms with Crippen molar-refractivity contribution in [1.29, 1.82) is 0 Å². The molecule has 25 heavy (non-hydrogen) atoms. The highest BCUT2D eigenvalue weighted by Gasteiger charge is 2.12. The molecule has 0 atom stereocenters. The summed E-state index contributed by atoms with van der Waals surface area (Å²) in [6, 6.07) is 10.2. The van der Waals surface area contributed by atoms with Gasteiger partial charge in [0, 0.05) is 30.9 Å². The van der Waals surface area contributed by atoms with Gasteiger partial charge in [-0.1, -0.05) is 30.3 Å². The Balaban J connectivity index is 1.81. The summed E-state index contributed by atoms with van der Waals surface area (Å²) in [5.41, 5.74) is 3.87. The SMILES string of the molecule is CC1=NC(c2cnn(C)c2)=CCn2c(cnc2-c2ccccc2)C=N1. The lowest BCUT2D eigenvalue weighted by Crippen LogP contribution is -2.03. The third kappa shape index (κ3) is 3.06. The zero-order chi connectivity index (χ0) is 17.2. The zero-order valence-electron chi connectivity index (χ0n) is 14.2. The number of allylic oxidation sites excluding steroid dienone is 1. The van der Waals surface area contributed by atoms with Crippen molar-refractivity contribution in [3.8, 4) is 11.4 Å². The van der Waals surface area contributed by atoms with Crippen LogP contribution in [0.2, 0.25) is 0 Å². The van der Waals surface area contributed by atoms with Crippen molar-refractivity contribution in [2.45, 2.75) is 13.5 Å². The number of rotatable bonds is 2. The highest BCUT2D eigenvalue weighted by Crippen LogP contribution is 2.22. The quantitative estimate of drug-likeness (QED) is 0.724. The molecular weight excluding hydrogens is 312 g/mol. The van der Waals surface area contributed by atoms with E-state index in [1.165, 1.54) is 0 Å². The fourth-order valence-electron chi connectivity index (χ4n) is 2.82. The Kier molecular flexibility index (Phi) is 3.85. The van der Waals surface area contributed by atoms with E-state index < -0.39 is 0 Å². The zero-order valence-corrected chi connectivity index (χ0v) is 14.2. The lowest BCUT2D eigenvalue weighted by molar-refractivity contribution is 0.767. The first-order valence-electron chi connectivity index (χ1n) is 8.10. The molecule has 1 aliphatic rings. The highest BCUT2D eigenvalue weighted by molar-refractivity contribution is 5.95. The predicted molar refractivity (Wildman–Crippen MR) is 99.6 cm³/mol. The van der Waals surface area contributed by atoms with E-state index in [0.717, 1.165) is 28.3 Å². The maximum atomic E-state index is 4.64. The molecule has 0 fully saturated rings. The molecule has 3 aromatic rings. The number of fused-ring (bicyclic) bond motifs is 1. The molecule has 1 aromatic carbocycles. The number of amidine groups is 1. The summed E-state index contributed by atoms with van der Waals surface area (Å²) in [5, 5.41) is 4.24. The third-order valence-corrected chi connectivity index (χ3v) is 4.05. The summed E-state index contributed by atoms with van der Waals surface area (Å²) in [5.74, 6) is 1.62. The van der Waals surface area contributed by atoms with Gasteiger partial charge in [0.15, 0.2) is 0 Å². The van der Waals surface area contributed by atoms with Crippen LogP contribution >= 0.6 is 0 Å². The smallest absolute Gasteiger partial charge is 0.140 e. The molecule has 4 rings (SSSR count). The van der Waals surface area contributed by atoms with Gasteiger partial charge in [-0.25, -0.2) is 15.0 Å². The summed E-state index contributed by atoms with van der Waals surface area (Å²) in [7, 11) is 1.90. The Bertz CT molecular complexity index is 988. The van der Waals surface area contributed by atoms with Crippen molar-refractivity contribution in [1.82, 2.24) is 19.3 Å². The Morgan fingerprint density at radius 2 is 1.88 bits per heavy atom. The first-order valence-corrected chi connectivity index (χ1v) is 8.10. The van der Waals surface area contributed by atoms with Crippen LogP contribution in [-0.4, -0.2) is 31.4 Å². The minimum atomic E-state index is 0.659. The van der Waals surface area contributed by atoms with Gasteiger partial charge in [0.25, 0.3) is 0 Å². The van der Waals surface area contributed by atoms with Crippen LogP contribution in [0.3, 0.4) is 0 Å². The first kappa shape index (κ1) is 15.3. The number of aromatic nitrogens is 4. The van der Waals surface area contributed by atoms with Crippen LogP contribution in [-0.2, 0) is 13.6 Å². The third-order valence-electron chi connectivity index (χ3n) is 4.05. The largest absolute Gasteiger partial charge is 0.319 e. The summed E-state index contributed by atoms with van der Waals surface area (Å²) in [4.78, 5) is 13.7. The maximum Gasteiger partial charge on any atom is 0.140 e. The van der Waals surface area contributed by atoms with Crippen LogP contribution in [0.15, 0.2) is 65.0 Å². The predicted octanol–water partition coefficient (Wildman–Crippen LogP) is 3.18. The number of hydrogen-bond acceptors (Lipinski definition) is 4. The Morgan fingerprint density at radius 1 is 1.04 bits per heavy atom. The van der Waals surface area contributed by atoms with Crippen LogP contribution in [0.1, 0.15) is 18.2 Å². The summed E-state index contributed by atoms with van der Waals surface area (Å²) >= 11 is 0. The molecule has 6 heteroatoms. The van der Waals surface area contributed by atoms with Gasteiger partial charge in [-0.2, -0.15) is 5.10 Å². The van der Waals surface area contributed by atoms with E-state index in [-0.39, 0.29) is 0 Å². The average Bonchev–Trinajstić information content (AvgIpc) is 3.24. The molecule has 3 heterocycles. The first-order chi connectivity index (χ1) is 12.2. The number of nitrogens with zero attached hydrogens (tertiary/aromatic N) is 6. The topological polar surface area (TPSA) is 60.4 Å². The van der Waals surface area contributed by atoms with E-state index in [4.69, 9.17) is 0 Å². The van der Waals surface area contributed by atoms with E-state index in [9.17, 15) is 0 Å². The summed E-state index contributed by atoms with van der Waals surface area (Å²) in [6.45, 7) is 2.55. The molecule has 2 aromatic heterocycles. The lowest BCUT2D eigenvalue weighted by atomic mass is 10.2. The molecule has 1 aliphatic heterocycles. The van der Waals surface area contributed by atoms with Crippen LogP contribution in [0.25, 0.3) is 17.1 Å². The average molecular weight is 330 g/mol. The minimum absolute atomic E-state index is 0.659. The van der Waals surface area contributed by atoms with Gasteiger partial charge in [-0.05, 0) is 13.0 Å². The second-order valence-corrected chi connectivity index (χ2v) is 5.89. The number of benzene rings is 1. The van der Waals surface area contributed by atoms with E-state index >= 15 is 0 Å². The number of aliphatic imine (C=N–C) groups is 2. The molecule has 0 spiro atoms.